The predicted octanol–water partition coefficient (Wildman–Crippen LogP) is 4.61. The van der Waals surface area contributed by atoms with Crippen LogP contribution in [0, 0.1) is 11.7 Å². The highest BCUT2D eigenvalue weighted by molar-refractivity contribution is 5.96. The molecule has 0 atom stereocenters. The number of rotatable bonds is 4. The van der Waals surface area contributed by atoms with E-state index in [4.69, 9.17) is 5.73 Å². The molecule has 0 aliphatic heterocycles. The van der Waals surface area contributed by atoms with Crippen molar-refractivity contribution in [1.82, 2.24) is 9.97 Å². The Hall–Kier alpha value is -2.49. The predicted molar refractivity (Wildman–Crippen MR) is 92.5 cm³/mol. The van der Waals surface area contributed by atoms with Gasteiger partial charge in [0.05, 0.1) is 5.52 Å². The van der Waals surface area contributed by atoms with Gasteiger partial charge in [0.2, 0.25) is 0 Å². The van der Waals surface area contributed by atoms with Gasteiger partial charge in [-0.3, -0.25) is 4.98 Å². The second-order valence-corrected chi connectivity index (χ2v) is 6.17. The van der Waals surface area contributed by atoms with Crippen molar-refractivity contribution < 1.29 is 4.39 Å². The fourth-order valence-electron chi connectivity index (χ4n) is 2.68. The lowest BCUT2D eigenvalue weighted by Crippen LogP contribution is -2.02. The van der Waals surface area contributed by atoms with Crippen LogP contribution in [0.1, 0.15) is 26.0 Å². The summed E-state index contributed by atoms with van der Waals surface area (Å²) in [5.41, 5.74) is 8.68. The third kappa shape index (κ3) is 3.16. The topological polar surface area (TPSA) is 51.8 Å². The molecule has 1 aromatic carbocycles. The molecule has 0 unspecified atom stereocenters. The molecule has 3 rings (SSSR count). The molecule has 0 saturated heterocycles. The summed E-state index contributed by atoms with van der Waals surface area (Å²) in [6, 6.07) is 10.7. The Kier molecular flexibility index (Phi) is 4.24. The average Bonchev–Trinajstić information content (AvgIpc) is 2.54. The maximum atomic E-state index is 14.4. The summed E-state index contributed by atoms with van der Waals surface area (Å²) < 4.78 is 14.4. The summed E-state index contributed by atoms with van der Waals surface area (Å²) in [4.78, 5) is 8.77. The summed E-state index contributed by atoms with van der Waals surface area (Å²) in [7, 11) is 0. The third-order valence-electron chi connectivity index (χ3n) is 3.95. The summed E-state index contributed by atoms with van der Waals surface area (Å²) in [5.74, 6) is 0.625. The molecule has 23 heavy (non-hydrogen) atoms. The lowest BCUT2D eigenvalue weighted by Gasteiger charge is -2.11. The second kappa shape index (κ2) is 6.32. The Labute approximate surface area is 135 Å². The summed E-state index contributed by atoms with van der Waals surface area (Å²) >= 11 is 0. The van der Waals surface area contributed by atoms with Gasteiger partial charge >= 0.3 is 0 Å². The number of pyridine rings is 2. The number of aryl methyl sites for hydroxylation is 1. The van der Waals surface area contributed by atoms with E-state index >= 15 is 0 Å². The van der Waals surface area contributed by atoms with Crippen LogP contribution in [0.25, 0.3) is 22.0 Å². The van der Waals surface area contributed by atoms with Gasteiger partial charge in [0.15, 0.2) is 0 Å². The highest BCUT2D eigenvalue weighted by Gasteiger charge is 2.15. The Morgan fingerprint density at radius 3 is 2.70 bits per heavy atom. The molecule has 0 aliphatic carbocycles. The maximum Gasteiger partial charge on any atom is 0.133 e. The number of fused-ring (bicyclic) bond motifs is 1. The molecular formula is C19H20FN3. The average molecular weight is 309 g/mol. The van der Waals surface area contributed by atoms with Crippen molar-refractivity contribution in [2.75, 3.05) is 5.73 Å². The number of nitrogens with two attached hydrogens (primary N) is 1. The fraction of sp³-hybridized carbons (Fsp3) is 0.263. The summed E-state index contributed by atoms with van der Waals surface area (Å²) in [6.07, 6.45) is 3.58. The number of halogens is 1. The first-order valence-corrected chi connectivity index (χ1v) is 7.85. The van der Waals surface area contributed by atoms with Crippen molar-refractivity contribution in [2.24, 2.45) is 5.92 Å². The van der Waals surface area contributed by atoms with Crippen LogP contribution < -0.4 is 5.73 Å². The molecule has 0 radical (unpaired) electrons. The smallest absolute Gasteiger partial charge is 0.133 e. The summed E-state index contributed by atoms with van der Waals surface area (Å²) in [6.45, 7) is 4.35. The van der Waals surface area contributed by atoms with Crippen molar-refractivity contribution in [3.8, 4) is 11.1 Å². The van der Waals surface area contributed by atoms with Gasteiger partial charge in [-0.05, 0) is 49.1 Å². The van der Waals surface area contributed by atoms with Crippen LogP contribution in [0.5, 0.6) is 0 Å². The Balaban J connectivity index is 2.07. The minimum atomic E-state index is -0.334. The summed E-state index contributed by atoms with van der Waals surface area (Å²) in [5, 5.41) is 0.882. The highest BCUT2D eigenvalue weighted by atomic mass is 19.1. The zero-order valence-corrected chi connectivity index (χ0v) is 13.4. The van der Waals surface area contributed by atoms with Crippen LogP contribution in [0.15, 0.2) is 42.6 Å². The van der Waals surface area contributed by atoms with Crippen molar-refractivity contribution in [1.29, 1.82) is 0 Å². The first-order valence-electron chi connectivity index (χ1n) is 7.85. The Morgan fingerprint density at radius 1 is 1.13 bits per heavy atom. The van der Waals surface area contributed by atoms with Gasteiger partial charge in [0, 0.05) is 28.4 Å². The lowest BCUT2D eigenvalue weighted by atomic mass is 10.0. The Morgan fingerprint density at radius 2 is 1.96 bits per heavy atom. The van der Waals surface area contributed by atoms with Crippen LogP contribution in [0.2, 0.25) is 0 Å². The normalized spacial score (nSPS) is 11.3. The zero-order chi connectivity index (χ0) is 16.4. The molecule has 3 aromatic rings. The lowest BCUT2D eigenvalue weighted by molar-refractivity contribution is 0.582. The molecule has 0 saturated carbocycles. The van der Waals surface area contributed by atoms with Crippen LogP contribution in [-0.4, -0.2) is 9.97 Å². The van der Waals surface area contributed by atoms with Gasteiger partial charge in [-0.15, -0.1) is 0 Å². The number of benzene rings is 1. The van der Waals surface area contributed by atoms with Crippen molar-refractivity contribution in [3.05, 3.63) is 54.1 Å². The van der Waals surface area contributed by atoms with E-state index in [0.717, 1.165) is 23.9 Å². The minimum Gasteiger partial charge on any atom is -0.383 e. The van der Waals surface area contributed by atoms with Crippen LogP contribution in [0.3, 0.4) is 0 Å². The number of hydrogen-bond donors (Lipinski definition) is 1. The van der Waals surface area contributed by atoms with Crippen molar-refractivity contribution >= 4 is 16.7 Å². The monoisotopic (exact) mass is 309 g/mol. The Bertz CT molecular complexity index is 843. The van der Waals surface area contributed by atoms with E-state index in [-0.39, 0.29) is 5.82 Å². The third-order valence-corrected chi connectivity index (χ3v) is 3.95. The second-order valence-electron chi connectivity index (χ2n) is 6.17. The molecule has 2 N–H and O–H groups in total. The number of hydrogen-bond acceptors (Lipinski definition) is 3. The standard InChI is InChI=1S/C19H20FN3/c1-12(2)5-7-14-8-9-15(19(21)23-14)17-16(20)10-6-13-4-3-11-22-18(13)17/h3-4,6,8-12H,5,7H2,1-2H3,(H2,21,23). The van der Waals surface area contributed by atoms with Gasteiger partial charge in [0.1, 0.15) is 11.6 Å². The molecular weight excluding hydrogens is 289 g/mol. The van der Waals surface area contributed by atoms with Gasteiger partial charge in [0.25, 0.3) is 0 Å². The van der Waals surface area contributed by atoms with E-state index in [0.29, 0.717) is 28.4 Å². The van der Waals surface area contributed by atoms with E-state index in [1.165, 1.54) is 6.07 Å². The van der Waals surface area contributed by atoms with Gasteiger partial charge < -0.3 is 5.73 Å². The van der Waals surface area contributed by atoms with Gasteiger partial charge in [-0.2, -0.15) is 0 Å². The molecule has 2 aromatic heterocycles. The zero-order valence-electron chi connectivity index (χ0n) is 13.4. The van der Waals surface area contributed by atoms with Crippen molar-refractivity contribution in [3.63, 3.8) is 0 Å². The molecule has 118 valence electrons. The van der Waals surface area contributed by atoms with E-state index < -0.39 is 0 Å². The molecule has 4 heteroatoms. The van der Waals surface area contributed by atoms with Crippen LogP contribution in [0.4, 0.5) is 10.2 Å². The highest BCUT2D eigenvalue weighted by Crippen LogP contribution is 2.33. The molecule has 0 aliphatic rings. The van der Waals surface area contributed by atoms with E-state index in [1.807, 2.05) is 24.3 Å². The fourth-order valence-corrected chi connectivity index (χ4v) is 2.68. The van der Waals surface area contributed by atoms with Gasteiger partial charge in [-0.25, -0.2) is 9.37 Å². The van der Waals surface area contributed by atoms with E-state index in [1.54, 1.807) is 12.3 Å². The SMILES string of the molecule is CC(C)CCc1ccc(-c2c(F)ccc3cccnc23)c(N)n1. The van der Waals surface area contributed by atoms with Crippen LogP contribution >= 0.6 is 0 Å². The number of aromatic nitrogens is 2. The molecule has 3 nitrogen and oxygen atoms in total. The van der Waals surface area contributed by atoms with Gasteiger partial charge in [-0.1, -0.05) is 19.9 Å². The molecule has 0 fully saturated rings. The number of nitrogen functional groups attached to an aromatic ring is 1. The van der Waals surface area contributed by atoms with E-state index in [9.17, 15) is 4.39 Å². The molecule has 0 amide bonds. The number of nitrogens with zero attached hydrogens (tertiary/aromatic N) is 2. The van der Waals surface area contributed by atoms with Crippen molar-refractivity contribution in [2.45, 2.75) is 26.7 Å². The first kappa shape index (κ1) is 15.4. The maximum absolute atomic E-state index is 14.4. The molecule has 0 bridgehead atoms. The molecule has 2 heterocycles. The molecule has 0 spiro atoms. The first-order chi connectivity index (χ1) is 11.1. The largest absolute Gasteiger partial charge is 0.383 e. The van der Waals surface area contributed by atoms with E-state index in [2.05, 4.69) is 23.8 Å². The minimum absolute atomic E-state index is 0.334. The number of anilines is 1. The van der Waals surface area contributed by atoms with Crippen LogP contribution in [-0.2, 0) is 6.42 Å². The quantitative estimate of drug-likeness (QED) is 0.766.